The molecule has 1 aliphatic heterocycles. The summed E-state index contributed by atoms with van der Waals surface area (Å²) in [5, 5.41) is 30.0. The van der Waals surface area contributed by atoms with Crippen LogP contribution in [0.25, 0.3) is 0 Å². The average molecular weight is 476 g/mol. The summed E-state index contributed by atoms with van der Waals surface area (Å²) in [5.74, 6) is -0.460. The number of halogens is 3. The third-order valence-electron chi connectivity index (χ3n) is 5.48. The molecule has 9 nitrogen and oxygen atoms in total. The molecule has 0 bridgehead atoms. The number of hydrogen-bond donors (Lipinski definition) is 4. The lowest BCUT2D eigenvalue weighted by atomic mass is 10.1. The molecule has 0 saturated heterocycles. The molecule has 4 N–H and O–H groups in total. The minimum atomic E-state index is -4.47. The van der Waals surface area contributed by atoms with Crippen LogP contribution in [0.5, 0.6) is 0 Å². The van der Waals surface area contributed by atoms with E-state index in [0.29, 0.717) is 16.9 Å². The number of aliphatic hydroxyl groups excluding tert-OH is 2. The molecule has 0 spiro atoms. The summed E-state index contributed by atoms with van der Waals surface area (Å²) in [6, 6.07) is 5.73. The first-order valence-corrected chi connectivity index (χ1v) is 10.5. The van der Waals surface area contributed by atoms with Crippen molar-refractivity contribution in [2.24, 2.45) is 0 Å². The van der Waals surface area contributed by atoms with Crippen molar-refractivity contribution in [3.63, 3.8) is 0 Å². The van der Waals surface area contributed by atoms with Crippen LogP contribution < -0.4 is 15.5 Å². The molecule has 1 aromatic carbocycles. The van der Waals surface area contributed by atoms with E-state index in [9.17, 15) is 23.1 Å². The van der Waals surface area contributed by atoms with Crippen molar-refractivity contribution < 1.29 is 28.2 Å². The Hall–Kier alpha value is -3.64. The molecule has 1 aliphatic rings. The van der Waals surface area contributed by atoms with Crippen LogP contribution in [-0.4, -0.2) is 50.6 Å². The van der Waals surface area contributed by atoms with Crippen molar-refractivity contribution in [3.8, 4) is 0 Å². The second kappa shape index (κ2) is 9.31. The minimum Gasteiger partial charge on any atom is -0.395 e. The largest absolute Gasteiger partial charge is 0.416 e. The molecule has 180 valence electrons. The molecule has 0 radical (unpaired) electrons. The van der Waals surface area contributed by atoms with Crippen LogP contribution in [0.15, 0.2) is 48.9 Å². The maximum atomic E-state index is 13.3. The van der Waals surface area contributed by atoms with Gasteiger partial charge in [0.1, 0.15) is 5.69 Å². The lowest BCUT2D eigenvalue weighted by molar-refractivity contribution is -0.137. The van der Waals surface area contributed by atoms with E-state index >= 15 is 0 Å². The average Bonchev–Trinajstić information content (AvgIpc) is 3.24. The van der Waals surface area contributed by atoms with Gasteiger partial charge in [-0.2, -0.15) is 18.3 Å². The summed E-state index contributed by atoms with van der Waals surface area (Å²) < 4.78 is 40.3. The van der Waals surface area contributed by atoms with Gasteiger partial charge in [0.05, 0.1) is 42.0 Å². The predicted octanol–water partition coefficient (Wildman–Crippen LogP) is 3.03. The summed E-state index contributed by atoms with van der Waals surface area (Å²) >= 11 is 0. The third-order valence-corrected chi connectivity index (χ3v) is 5.48. The number of benzene rings is 1. The number of hydrogen-bond acceptors (Lipinski definition) is 7. The van der Waals surface area contributed by atoms with Crippen LogP contribution in [0.4, 0.5) is 30.2 Å². The van der Waals surface area contributed by atoms with E-state index < -0.39 is 23.9 Å². The Balaban J connectivity index is 1.60. The highest BCUT2D eigenvalue weighted by Crippen LogP contribution is 2.34. The van der Waals surface area contributed by atoms with E-state index in [2.05, 4.69) is 20.7 Å². The fourth-order valence-electron chi connectivity index (χ4n) is 3.83. The highest BCUT2D eigenvalue weighted by atomic mass is 19.4. The zero-order valence-electron chi connectivity index (χ0n) is 18.1. The molecule has 34 heavy (non-hydrogen) atoms. The maximum Gasteiger partial charge on any atom is 0.416 e. The maximum absolute atomic E-state index is 13.3. The number of alkyl halides is 3. The number of aliphatic hydroxyl groups is 2. The Morgan fingerprint density at radius 3 is 2.59 bits per heavy atom. The van der Waals surface area contributed by atoms with Crippen molar-refractivity contribution in [1.29, 1.82) is 0 Å². The Morgan fingerprint density at radius 2 is 1.91 bits per heavy atom. The molecule has 1 unspecified atom stereocenters. The minimum absolute atomic E-state index is 0.110. The van der Waals surface area contributed by atoms with Gasteiger partial charge in [-0.3, -0.25) is 14.5 Å². The van der Waals surface area contributed by atoms with Gasteiger partial charge in [0, 0.05) is 30.5 Å². The summed E-state index contributed by atoms with van der Waals surface area (Å²) in [6.07, 6.45) is -1.28. The number of amides is 1. The summed E-state index contributed by atoms with van der Waals surface area (Å²) in [7, 11) is 0. The first-order chi connectivity index (χ1) is 16.2. The number of anilines is 3. The van der Waals surface area contributed by atoms with Gasteiger partial charge in [0.25, 0.3) is 5.91 Å². The number of fused-ring (bicyclic) bond motifs is 1. The van der Waals surface area contributed by atoms with E-state index in [1.54, 1.807) is 6.07 Å². The second-order valence-electron chi connectivity index (χ2n) is 7.82. The predicted molar refractivity (Wildman–Crippen MR) is 118 cm³/mol. The lowest BCUT2D eigenvalue weighted by Gasteiger charge is -2.32. The Kier molecular flexibility index (Phi) is 6.44. The number of pyridine rings is 1. The molecule has 2 atom stereocenters. The van der Waals surface area contributed by atoms with Gasteiger partial charge in [-0.05, 0) is 37.3 Å². The number of carbonyl (C=O) groups excluding carboxylic acids is 1. The molecule has 0 aliphatic carbocycles. The van der Waals surface area contributed by atoms with Crippen molar-refractivity contribution >= 4 is 23.0 Å². The quantitative estimate of drug-likeness (QED) is 0.388. The molecular formula is C22H23F3N6O3. The monoisotopic (exact) mass is 476 g/mol. The van der Waals surface area contributed by atoms with E-state index in [0.717, 1.165) is 12.1 Å². The van der Waals surface area contributed by atoms with Gasteiger partial charge in [0.15, 0.2) is 6.23 Å². The first kappa shape index (κ1) is 23.5. The molecular weight excluding hydrogens is 453 g/mol. The van der Waals surface area contributed by atoms with E-state index in [-0.39, 0.29) is 37.1 Å². The number of nitrogens with one attached hydrogen (secondary N) is 2. The highest BCUT2D eigenvalue weighted by Gasteiger charge is 2.35. The molecule has 12 heteroatoms. The fourth-order valence-corrected chi connectivity index (χ4v) is 3.83. The van der Waals surface area contributed by atoms with Crippen molar-refractivity contribution in [3.05, 3.63) is 65.7 Å². The molecule has 2 aromatic heterocycles. The number of carbonyl (C=O) groups is 1. The van der Waals surface area contributed by atoms with Gasteiger partial charge in [-0.15, -0.1) is 0 Å². The van der Waals surface area contributed by atoms with Crippen LogP contribution in [-0.2, 0) is 6.18 Å². The number of nitrogens with zero attached hydrogens (tertiary/aromatic N) is 4. The van der Waals surface area contributed by atoms with Gasteiger partial charge in [-0.25, -0.2) is 0 Å². The zero-order chi connectivity index (χ0) is 24.5. The Bertz CT molecular complexity index is 1170. The van der Waals surface area contributed by atoms with E-state index in [4.69, 9.17) is 5.11 Å². The van der Waals surface area contributed by atoms with Gasteiger partial charge < -0.3 is 25.7 Å². The van der Waals surface area contributed by atoms with E-state index in [1.165, 1.54) is 40.3 Å². The Morgan fingerprint density at radius 1 is 1.18 bits per heavy atom. The molecule has 3 aromatic rings. The van der Waals surface area contributed by atoms with Crippen LogP contribution in [0.1, 0.15) is 40.8 Å². The van der Waals surface area contributed by atoms with Crippen molar-refractivity contribution in [1.82, 2.24) is 14.8 Å². The van der Waals surface area contributed by atoms with Crippen LogP contribution >= 0.6 is 0 Å². The molecule has 0 saturated carbocycles. The molecule has 3 heterocycles. The standard InChI is InChI=1S/C22H23F3N6O3/c1-13-12-30(15-4-2-14(3-5-15)22(23,24)25)21(34)19-18(11-28-31(13)19)29-20(33)16-6-7-26-10-17(16)27-8-9-32/h2-7,10-11,13,20,27,29,32-33H,8-9,12H2,1H3/t13-,20?/m0/s1. The zero-order valence-corrected chi connectivity index (χ0v) is 18.1. The second-order valence-corrected chi connectivity index (χ2v) is 7.82. The van der Waals surface area contributed by atoms with Crippen LogP contribution in [0.3, 0.4) is 0 Å². The smallest absolute Gasteiger partial charge is 0.395 e. The van der Waals surface area contributed by atoms with Crippen LogP contribution in [0.2, 0.25) is 0 Å². The van der Waals surface area contributed by atoms with Gasteiger partial charge >= 0.3 is 6.18 Å². The normalized spacial score (nSPS) is 16.8. The third kappa shape index (κ3) is 4.54. The summed E-state index contributed by atoms with van der Waals surface area (Å²) in [4.78, 5) is 18.7. The molecule has 0 fully saturated rings. The first-order valence-electron chi connectivity index (χ1n) is 10.5. The number of aromatic nitrogens is 3. The summed E-state index contributed by atoms with van der Waals surface area (Å²) in [6.45, 7) is 2.20. The fraction of sp³-hybridized carbons (Fsp3) is 0.318. The lowest BCUT2D eigenvalue weighted by Crippen LogP contribution is -2.43. The summed E-state index contributed by atoms with van der Waals surface area (Å²) in [5.41, 5.74) is 0.922. The van der Waals surface area contributed by atoms with Gasteiger partial charge in [0.2, 0.25) is 0 Å². The molecule has 1 amide bonds. The van der Waals surface area contributed by atoms with Crippen molar-refractivity contribution in [2.75, 3.05) is 35.2 Å². The SMILES string of the molecule is C[C@H]1CN(c2ccc(C(F)(F)F)cc2)C(=O)c2c(NC(O)c3ccncc3NCCO)cnn21. The Labute approximate surface area is 192 Å². The van der Waals surface area contributed by atoms with Crippen molar-refractivity contribution in [2.45, 2.75) is 25.4 Å². The number of rotatable bonds is 7. The van der Waals surface area contributed by atoms with E-state index in [1.807, 2.05) is 6.92 Å². The topological polar surface area (TPSA) is 116 Å². The van der Waals surface area contributed by atoms with Crippen LogP contribution in [0, 0.1) is 0 Å². The molecule has 4 rings (SSSR count). The van der Waals surface area contributed by atoms with Gasteiger partial charge in [-0.1, -0.05) is 0 Å². The highest BCUT2D eigenvalue weighted by molar-refractivity contribution is 6.09.